The molecule has 0 radical (unpaired) electrons. The first-order chi connectivity index (χ1) is 12.0. The lowest BCUT2D eigenvalue weighted by atomic mass is 10.0. The number of morpholine rings is 1. The Kier molecular flexibility index (Phi) is 5.30. The lowest BCUT2D eigenvalue weighted by molar-refractivity contribution is -0.121. The molecule has 6 nitrogen and oxygen atoms in total. The molecule has 1 aliphatic rings. The normalized spacial score (nSPS) is 16.1. The highest BCUT2D eigenvalue weighted by molar-refractivity contribution is 5.88. The minimum atomic E-state index is -0.0920. The van der Waals surface area contributed by atoms with E-state index in [0.29, 0.717) is 13.0 Å². The van der Waals surface area contributed by atoms with Crippen LogP contribution in [0.3, 0.4) is 0 Å². The number of ether oxygens (including phenoxy) is 2. The van der Waals surface area contributed by atoms with Gasteiger partial charge in [0.1, 0.15) is 11.3 Å². The molecule has 3 rings (SSSR count). The molecular weight excluding hydrogens is 320 g/mol. The van der Waals surface area contributed by atoms with Gasteiger partial charge in [-0.05, 0) is 26.0 Å². The molecule has 1 saturated heterocycles. The van der Waals surface area contributed by atoms with Gasteiger partial charge in [0.2, 0.25) is 5.91 Å². The summed E-state index contributed by atoms with van der Waals surface area (Å²) in [6.07, 6.45) is 1.95. The molecule has 25 heavy (non-hydrogen) atoms. The van der Waals surface area contributed by atoms with Gasteiger partial charge >= 0.3 is 0 Å². The predicted molar refractivity (Wildman–Crippen MR) is 96.0 cm³/mol. The van der Waals surface area contributed by atoms with E-state index in [1.54, 1.807) is 13.4 Å². The topological polar surface area (TPSA) is 63.9 Å². The van der Waals surface area contributed by atoms with E-state index in [0.717, 1.165) is 48.6 Å². The van der Waals surface area contributed by atoms with Crippen molar-refractivity contribution < 1.29 is 18.7 Å². The number of carbonyl (C=O) groups excluding carboxylic acids is 1. The fourth-order valence-electron chi connectivity index (χ4n) is 3.16. The van der Waals surface area contributed by atoms with Crippen LogP contribution < -0.4 is 10.1 Å². The highest BCUT2D eigenvalue weighted by Crippen LogP contribution is 2.26. The van der Waals surface area contributed by atoms with Gasteiger partial charge in [-0.15, -0.1) is 0 Å². The number of nitrogens with zero attached hydrogens (tertiary/aromatic N) is 1. The van der Waals surface area contributed by atoms with Crippen LogP contribution in [0, 0.1) is 0 Å². The van der Waals surface area contributed by atoms with Crippen molar-refractivity contribution in [3.8, 4) is 5.75 Å². The molecule has 0 aliphatic carbocycles. The Morgan fingerprint density at radius 2 is 2.08 bits per heavy atom. The fraction of sp³-hybridized carbons (Fsp3) is 0.526. The summed E-state index contributed by atoms with van der Waals surface area (Å²) in [5.74, 6) is 0.741. The Labute approximate surface area is 148 Å². The van der Waals surface area contributed by atoms with Crippen molar-refractivity contribution in [2.75, 3.05) is 40.0 Å². The molecule has 2 heterocycles. The van der Waals surface area contributed by atoms with E-state index in [1.807, 2.05) is 18.2 Å². The molecule has 0 unspecified atom stereocenters. The van der Waals surface area contributed by atoms with Crippen molar-refractivity contribution in [1.29, 1.82) is 0 Å². The Bertz CT molecular complexity index is 732. The number of benzene rings is 1. The van der Waals surface area contributed by atoms with Gasteiger partial charge in [-0.3, -0.25) is 9.69 Å². The lowest BCUT2D eigenvalue weighted by Gasteiger charge is -2.40. The van der Waals surface area contributed by atoms with Crippen molar-refractivity contribution in [2.45, 2.75) is 25.8 Å². The van der Waals surface area contributed by atoms with Gasteiger partial charge in [0.05, 0.1) is 33.0 Å². The van der Waals surface area contributed by atoms with Crippen LogP contribution in [0.4, 0.5) is 0 Å². The lowest BCUT2D eigenvalue weighted by Crippen LogP contribution is -2.55. The zero-order valence-corrected chi connectivity index (χ0v) is 15.1. The molecule has 1 aromatic carbocycles. The van der Waals surface area contributed by atoms with Crippen LogP contribution in [-0.4, -0.2) is 56.3 Å². The monoisotopic (exact) mass is 346 g/mol. The summed E-state index contributed by atoms with van der Waals surface area (Å²) in [6, 6.07) is 5.64. The molecular formula is C19H26N2O4. The van der Waals surface area contributed by atoms with E-state index in [2.05, 4.69) is 24.1 Å². The molecule has 0 bridgehead atoms. The Morgan fingerprint density at radius 1 is 1.32 bits per heavy atom. The summed E-state index contributed by atoms with van der Waals surface area (Å²) in [6.45, 7) is 8.21. The number of fused-ring (bicyclic) bond motifs is 1. The zero-order valence-electron chi connectivity index (χ0n) is 15.1. The molecule has 1 aromatic heterocycles. The number of hydrogen-bond acceptors (Lipinski definition) is 5. The van der Waals surface area contributed by atoms with E-state index in [4.69, 9.17) is 13.9 Å². The SMILES string of the molecule is COc1ccc2c(CC(=O)NCC(C)(C)N3CCOCC3)coc2c1. The van der Waals surface area contributed by atoms with Crippen LogP contribution in [0.5, 0.6) is 5.75 Å². The largest absolute Gasteiger partial charge is 0.497 e. The van der Waals surface area contributed by atoms with Crippen LogP contribution in [0.25, 0.3) is 11.0 Å². The summed E-state index contributed by atoms with van der Waals surface area (Å²) in [5.41, 5.74) is 1.53. The second-order valence-corrected chi connectivity index (χ2v) is 6.99. The highest BCUT2D eigenvalue weighted by Gasteiger charge is 2.28. The molecule has 2 aromatic rings. The number of rotatable bonds is 6. The molecule has 6 heteroatoms. The molecule has 0 spiro atoms. The van der Waals surface area contributed by atoms with Crippen molar-refractivity contribution in [1.82, 2.24) is 10.2 Å². The van der Waals surface area contributed by atoms with Crippen LogP contribution in [0.2, 0.25) is 0 Å². The highest BCUT2D eigenvalue weighted by atomic mass is 16.5. The third-order valence-electron chi connectivity index (χ3n) is 4.80. The summed E-state index contributed by atoms with van der Waals surface area (Å²) < 4.78 is 16.1. The van der Waals surface area contributed by atoms with Crippen molar-refractivity contribution in [2.24, 2.45) is 0 Å². The van der Waals surface area contributed by atoms with Gasteiger partial charge in [-0.25, -0.2) is 0 Å². The average Bonchev–Trinajstić information content (AvgIpc) is 3.03. The van der Waals surface area contributed by atoms with Gasteiger partial charge in [-0.2, -0.15) is 0 Å². The van der Waals surface area contributed by atoms with E-state index < -0.39 is 0 Å². The van der Waals surface area contributed by atoms with Crippen LogP contribution >= 0.6 is 0 Å². The van der Waals surface area contributed by atoms with Gasteiger partial charge in [0, 0.05) is 42.2 Å². The second kappa shape index (κ2) is 7.45. The van der Waals surface area contributed by atoms with E-state index >= 15 is 0 Å². The van der Waals surface area contributed by atoms with Crippen LogP contribution in [0.15, 0.2) is 28.9 Å². The Balaban J connectivity index is 1.59. The smallest absolute Gasteiger partial charge is 0.224 e. The minimum absolute atomic E-state index is 0.000137. The maximum Gasteiger partial charge on any atom is 0.224 e. The quantitative estimate of drug-likeness (QED) is 0.869. The Hall–Kier alpha value is -2.05. The van der Waals surface area contributed by atoms with E-state index in [-0.39, 0.29) is 11.4 Å². The number of furan rings is 1. The first-order valence-corrected chi connectivity index (χ1v) is 8.63. The van der Waals surface area contributed by atoms with Crippen molar-refractivity contribution in [3.05, 3.63) is 30.0 Å². The summed E-state index contributed by atoms with van der Waals surface area (Å²) >= 11 is 0. The van der Waals surface area contributed by atoms with Crippen LogP contribution in [0.1, 0.15) is 19.4 Å². The Morgan fingerprint density at radius 3 is 2.80 bits per heavy atom. The first kappa shape index (κ1) is 17.8. The van der Waals surface area contributed by atoms with E-state index in [9.17, 15) is 4.79 Å². The zero-order chi connectivity index (χ0) is 17.9. The number of amides is 1. The van der Waals surface area contributed by atoms with E-state index in [1.165, 1.54) is 0 Å². The standard InChI is InChI=1S/C19H26N2O4/c1-19(2,21-6-8-24-9-7-21)13-20-18(22)10-14-12-25-17-11-15(23-3)4-5-16(14)17/h4-5,11-12H,6-10,13H2,1-3H3,(H,20,22). The summed E-state index contributed by atoms with van der Waals surface area (Å²) in [5, 5.41) is 4.01. The molecule has 1 amide bonds. The molecule has 0 atom stereocenters. The molecule has 0 saturated carbocycles. The maximum absolute atomic E-state index is 12.4. The van der Waals surface area contributed by atoms with Crippen molar-refractivity contribution >= 4 is 16.9 Å². The number of nitrogens with one attached hydrogen (secondary N) is 1. The van der Waals surface area contributed by atoms with Gasteiger partial charge in [0.25, 0.3) is 0 Å². The van der Waals surface area contributed by atoms with Gasteiger partial charge in [-0.1, -0.05) is 0 Å². The third kappa shape index (κ3) is 4.14. The second-order valence-electron chi connectivity index (χ2n) is 6.99. The number of carbonyl (C=O) groups is 1. The van der Waals surface area contributed by atoms with Gasteiger partial charge < -0.3 is 19.2 Å². The first-order valence-electron chi connectivity index (χ1n) is 8.63. The molecule has 1 N–H and O–H groups in total. The van der Waals surface area contributed by atoms with Crippen LogP contribution in [-0.2, 0) is 16.0 Å². The predicted octanol–water partition coefficient (Wildman–Crippen LogP) is 2.21. The third-order valence-corrected chi connectivity index (χ3v) is 4.80. The van der Waals surface area contributed by atoms with Crippen molar-refractivity contribution in [3.63, 3.8) is 0 Å². The molecule has 1 aliphatic heterocycles. The minimum Gasteiger partial charge on any atom is -0.497 e. The molecule has 1 fully saturated rings. The number of methoxy groups -OCH3 is 1. The molecule has 136 valence electrons. The summed E-state index contributed by atoms with van der Waals surface area (Å²) in [7, 11) is 1.62. The summed E-state index contributed by atoms with van der Waals surface area (Å²) in [4.78, 5) is 14.7. The van der Waals surface area contributed by atoms with Gasteiger partial charge in [0.15, 0.2) is 0 Å². The fourth-order valence-corrected chi connectivity index (χ4v) is 3.16. The average molecular weight is 346 g/mol. The maximum atomic E-state index is 12.4. The number of hydrogen-bond donors (Lipinski definition) is 1.